The standard InChI is InChI=1S/C18H27NO3/c1-2-22-17(15-7-3-4-8-15)10-11-19-13-14-6-5-9-16(12-14)18(20)21/h5-6,9,12,15,17,19H,2-4,7-8,10-11,13H2,1H3,(H,20,21). The maximum Gasteiger partial charge on any atom is 0.335 e. The van der Waals surface area contributed by atoms with E-state index in [1.54, 1.807) is 18.2 Å². The molecular weight excluding hydrogens is 278 g/mol. The van der Waals surface area contributed by atoms with E-state index in [2.05, 4.69) is 12.2 Å². The summed E-state index contributed by atoms with van der Waals surface area (Å²) in [7, 11) is 0. The van der Waals surface area contributed by atoms with E-state index in [-0.39, 0.29) is 0 Å². The van der Waals surface area contributed by atoms with E-state index in [9.17, 15) is 4.79 Å². The minimum Gasteiger partial charge on any atom is -0.478 e. The van der Waals surface area contributed by atoms with Gasteiger partial charge in [0.05, 0.1) is 11.7 Å². The Labute approximate surface area is 132 Å². The highest BCUT2D eigenvalue weighted by molar-refractivity contribution is 5.87. The monoisotopic (exact) mass is 305 g/mol. The Morgan fingerprint density at radius 1 is 1.41 bits per heavy atom. The highest BCUT2D eigenvalue weighted by Gasteiger charge is 2.24. The van der Waals surface area contributed by atoms with Crippen LogP contribution in [0.25, 0.3) is 0 Å². The molecule has 0 aromatic heterocycles. The average Bonchev–Trinajstić information content (AvgIpc) is 3.05. The molecule has 0 bridgehead atoms. The first-order chi connectivity index (χ1) is 10.7. The lowest BCUT2D eigenvalue weighted by molar-refractivity contribution is 0.0162. The molecular formula is C18H27NO3. The number of benzene rings is 1. The Kier molecular flexibility index (Phi) is 6.87. The maximum atomic E-state index is 11.0. The Morgan fingerprint density at radius 2 is 2.18 bits per heavy atom. The number of hydrogen-bond acceptors (Lipinski definition) is 3. The molecule has 1 aliphatic rings. The summed E-state index contributed by atoms with van der Waals surface area (Å²) in [5.41, 5.74) is 1.35. The lowest BCUT2D eigenvalue weighted by Crippen LogP contribution is -2.27. The van der Waals surface area contributed by atoms with Crippen molar-refractivity contribution < 1.29 is 14.6 Å². The summed E-state index contributed by atoms with van der Waals surface area (Å²) < 4.78 is 5.91. The minimum absolute atomic E-state index is 0.345. The van der Waals surface area contributed by atoms with E-state index in [1.165, 1.54) is 25.7 Å². The fourth-order valence-electron chi connectivity index (χ4n) is 3.29. The van der Waals surface area contributed by atoms with Crippen molar-refractivity contribution >= 4 is 5.97 Å². The van der Waals surface area contributed by atoms with Gasteiger partial charge in [-0.1, -0.05) is 25.0 Å². The molecule has 122 valence electrons. The van der Waals surface area contributed by atoms with Crippen LogP contribution in [0.3, 0.4) is 0 Å². The van der Waals surface area contributed by atoms with Gasteiger partial charge in [0.2, 0.25) is 0 Å². The Balaban J connectivity index is 1.75. The summed E-state index contributed by atoms with van der Waals surface area (Å²) in [5, 5.41) is 12.4. The van der Waals surface area contributed by atoms with Crippen LogP contribution in [0.2, 0.25) is 0 Å². The molecule has 1 unspecified atom stereocenters. The maximum absolute atomic E-state index is 11.0. The second kappa shape index (κ2) is 8.91. The van der Waals surface area contributed by atoms with Crippen LogP contribution < -0.4 is 5.32 Å². The van der Waals surface area contributed by atoms with Crippen molar-refractivity contribution in [3.63, 3.8) is 0 Å². The smallest absolute Gasteiger partial charge is 0.335 e. The molecule has 4 heteroatoms. The van der Waals surface area contributed by atoms with Crippen LogP contribution in [0.1, 0.15) is 54.9 Å². The Hall–Kier alpha value is -1.39. The average molecular weight is 305 g/mol. The van der Waals surface area contributed by atoms with Crippen LogP contribution >= 0.6 is 0 Å². The molecule has 22 heavy (non-hydrogen) atoms. The molecule has 0 aliphatic heterocycles. The molecule has 1 aliphatic carbocycles. The lowest BCUT2D eigenvalue weighted by Gasteiger charge is -2.23. The van der Waals surface area contributed by atoms with Gasteiger partial charge in [0.15, 0.2) is 0 Å². The number of carboxylic acids is 1. The third-order valence-corrected chi connectivity index (χ3v) is 4.42. The summed E-state index contributed by atoms with van der Waals surface area (Å²) in [4.78, 5) is 11.0. The first-order valence-electron chi connectivity index (χ1n) is 8.35. The molecule has 2 N–H and O–H groups in total. The topological polar surface area (TPSA) is 58.6 Å². The van der Waals surface area contributed by atoms with E-state index in [0.29, 0.717) is 18.2 Å². The zero-order chi connectivity index (χ0) is 15.8. The number of carbonyl (C=O) groups is 1. The molecule has 2 rings (SSSR count). The van der Waals surface area contributed by atoms with Gasteiger partial charge in [-0.25, -0.2) is 4.79 Å². The summed E-state index contributed by atoms with van der Waals surface area (Å²) in [6.45, 7) is 4.44. The number of rotatable bonds is 9. The van der Waals surface area contributed by atoms with Crippen molar-refractivity contribution in [3.8, 4) is 0 Å². The number of hydrogen-bond donors (Lipinski definition) is 2. The second-order valence-electron chi connectivity index (χ2n) is 6.01. The van der Waals surface area contributed by atoms with Crippen molar-refractivity contribution in [2.45, 2.75) is 51.7 Å². The molecule has 0 heterocycles. The number of aromatic carboxylic acids is 1. The van der Waals surface area contributed by atoms with Gasteiger partial charge in [-0.15, -0.1) is 0 Å². The zero-order valence-corrected chi connectivity index (χ0v) is 13.4. The molecule has 1 aromatic carbocycles. The first-order valence-corrected chi connectivity index (χ1v) is 8.35. The quantitative estimate of drug-likeness (QED) is 0.686. The largest absolute Gasteiger partial charge is 0.478 e. The molecule has 0 spiro atoms. The van der Waals surface area contributed by atoms with Gasteiger partial charge >= 0.3 is 5.97 Å². The number of nitrogens with one attached hydrogen (secondary N) is 1. The molecule has 1 saturated carbocycles. The first kappa shape index (κ1) is 17.0. The van der Waals surface area contributed by atoms with Gasteiger partial charge < -0.3 is 15.2 Å². The van der Waals surface area contributed by atoms with Gasteiger partial charge in [-0.2, -0.15) is 0 Å². The summed E-state index contributed by atoms with van der Waals surface area (Å²) in [5.74, 6) is -0.156. The van der Waals surface area contributed by atoms with Crippen LogP contribution in [0.4, 0.5) is 0 Å². The van der Waals surface area contributed by atoms with E-state index in [1.807, 2.05) is 6.07 Å². The van der Waals surface area contributed by atoms with Gasteiger partial charge in [0, 0.05) is 13.2 Å². The SMILES string of the molecule is CCOC(CCNCc1cccc(C(=O)O)c1)C1CCCC1. The highest BCUT2D eigenvalue weighted by atomic mass is 16.5. The normalized spacial score (nSPS) is 16.8. The predicted molar refractivity (Wildman–Crippen MR) is 87.1 cm³/mol. The van der Waals surface area contributed by atoms with E-state index < -0.39 is 5.97 Å². The fraction of sp³-hybridized carbons (Fsp3) is 0.611. The molecule has 4 nitrogen and oxygen atoms in total. The number of carboxylic acid groups (broad SMARTS) is 1. The van der Waals surface area contributed by atoms with E-state index >= 15 is 0 Å². The highest BCUT2D eigenvalue weighted by Crippen LogP contribution is 2.30. The van der Waals surface area contributed by atoms with Gasteiger partial charge in [-0.3, -0.25) is 0 Å². The Morgan fingerprint density at radius 3 is 2.86 bits per heavy atom. The lowest BCUT2D eigenvalue weighted by atomic mass is 9.98. The van der Waals surface area contributed by atoms with Crippen molar-refractivity contribution in [3.05, 3.63) is 35.4 Å². The minimum atomic E-state index is -0.875. The van der Waals surface area contributed by atoms with Crippen molar-refractivity contribution in [2.75, 3.05) is 13.2 Å². The zero-order valence-electron chi connectivity index (χ0n) is 13.4. The third kappa shape index (κ3) is 5.11. The van der Waals surface area contributed by atoms with E-state index in [4.69, 9.17) is 9.84 Å². The van der Waals surface area contributed by atoms with Crippen molar-refractivity contribution in [2.24, 2.45) is 5.92 Å². The van der Waals surface area contributed by atoms with Gasteiger partial charge in [0.1, 0.15) is 0 Å². The summed E-state index contributed by atoms with van der Waals surface area (Å²) >= 11 is 0. The second-order valence-corrected chi connectivity index (χ2v) is 6.01. The molecule has 1 atom stereocenters. The third-order valence-electron chi connectivity index (χ3n) is 4.42. The summed E-state index contributed by atoms with van der Waals surface area (Å²) in [6, 6.07) is 7.10. The van der Waals surface area contributed by atoms with Crippen molar-refractivity contribution in [1.29, 1.82) is 0 Å². The van der Waals surface area contributed by atoms with Crippen LogP contribution in [-0.4, -0.2) is 30.3 Å². The molecule has 0 radical (unpaired) electrons. The predicted octanol–water partition coefficient (Wildman–Crippen LogP) is 3.46. The van der Waals surface area contributed by atoms with E-state index in [0.717, 1.165) is 31.1 Å². The van der Waals surface area contributed by atoms with Crippen molar-refractivity contribution in [1.82, 2.24) is 5.32 Å². The molecule has 1 aromatic rings. The van der Waals surface area contributed by atoms with Crippen LogP contribution in [0.15, 0.2) is 24.3 Å². The number of ether oxygens (including phenoxy) is 1. The molecule has 1 fully saturated rings. The molecule has 0 saturated heterocycles. The Bertz CT molecular complexity index is 469. The molecule has 0 amide bonds. The van der Waals surface area contributed by atoms with Crippen LogP contribution in [-0.2, 0) is 11.3 Å². The fourth-order valence-corrected chi connectivity index (χ4v) is 3.29. The van der Waals surface area contributed by atoms with Gasteiger partial charge in [0.25, 0.3) is 0 Å². The van der Waals surface area contributed by atoms with Crippen LogP contribution in [0, 0.1) is 5.92 Å². The summed E-state index contributed by atoms with van der Waals surface area (Å²) in [6.07, 6.45) is 6.66. The van der Waals surface area contributed by atoms with Crippen LogP contribution in [0.5, 0.6) is 0 Å². The van der Waals surface area contributed by atoms with Gasteiger partial charge in [-0.05, 0) is 56.3 Å².